The summed E-state index contributed by atoms with van der Waals surface area (Å²) in [5.41, 5.74) is 7.20. The van der Waals surface area contributed by atoms with Crippen LogP contribution in [0.1, 0.15) is 31.3 Å². The molecule has 0 spiro atoms. The van der Waals surface area contributed by atoms with Gasteiger partial charge in [-0.25, -0.2) is 0 Å². The van der Waals surface area contributed by atoms with Crippen LogP contribution in [0.5, 0.6) is 0 Å². The first kappa shape index (κ1) is 14.9. The van der Waals surface area contributed by atoms with Crippen LogP contribution >= 0.6 is 0 Å². The Morgan fingerprint density at radius 1 is 1.29 bits per heavy atom. The van der Waals surface area contributed by atoms with Gasteiger partial charge in [-0.05, 0) is 32.9 Å². The van der Waals surface area contributed by atoms with Gasteiger partial charge in [0, 0.05) is 10.9 Å². The predicted octanol–water partition coefficient (Wildman–Crippen LogP) is 1.39. The minimum absolute atomic E-state index is 0.0685. The number of H-pyrrole nitrogens is 1. The molecule has 0 aliphatic heterocycles. The normalized spacial score (nSPS) is 11.4. The third-order valence-corrected chi connectivity index (χ3v) is 2.86. The van der Waals surface area contributed by atoms with Gasteiger partial charge in [-0.2, -0.15) is 0 Å². The third kappa shape index (κ3) is 3.75. The Morgan fingerprint density at radius 2 is 2.00 bits per heavy atom. The molecule has 2 aromatic rings. The number of amides is 2. The van der Waals surface area contributed by atoms with Crippen LogP contribution in [0, 0.1) is 0 Å². The average molecular weight is 288 g/mol. The summed E-state index contributed by atoms with van der Waals surface area (Å²) in [6.45, 7) is 5.58. The van der Waals surface area contributed by atoms with Crippen molar-refractivity contribution < 1.29 is 9.59 Å². The summed E-state index contributed by atoms with van der Waals surface area (Å²) in [6.07, 6.45) is 0. The summed E-state index contributed by atoms with van der Waals surface area (Å²) >= 11 is 0. The minimum atomic E-state index is -0.338. The molecule has 0 radical (unpaired) electrons. The van der Waals surface area contributed by atoms with E-state index in [1.165, 1.54) is 0 Å². The van der Waals surface area contributed by atoms with Gasteiger partial charge in [0.15, 0.2) is 0 Å². The van der Waals surface area contributed by atoms with E-state index in [2.05, 4.69) is 15.6 Å². The molecule has 0 bridgehead atoms. The van der Waals surface area contributed by atoms with Crippen molar-refractivity contribution in [3.05, 3.63) is 30.0 Å². The first-order valence-electron chi connectivity index (χ1n) is 6.73. The van der Waals surface area contributed by atoms with Gasteiger partial charge in [0.2, 0.25) is 5.91 Å². The SMILES string of the molecule is CC(C)(C)NC(=O)CNC(=O)c1cc2cccc(N)c2[nH]1. The lowest BCUT2D eigenvalue weighted by atomic mass is 10.1. The molecule has 112 valence electrons. The van der Waals surface area contributed by atoms with Gasteiger partial charge in [0.1, 0.15) is 5.69 Å². The van der Waals surface area contributed by atoms with Gasteiger partial charge in [-0.1, -0.05) is 12.1 Å². The van der Waals surface area contributed by atoms with Crippen molar-refractivity contribution >= 4 is 28.4 Å². The zero-order valence-electron chi connectivity index (χ0n) is 12.4. The Hall–Kier alpha value is -2.50. The molecular formula is C15H20N4O2. The van der Waals surface area contributed by atoms with Crippen molar-refractivity contribution in [1.82, 2.24) is 15.6 Å². The molecule has 21 heavy (non-hydrogen) atoms. The number of para-hydroxylation sites is 1. The second kappa shape index (κ2) is 5.47. The van der Waals surface area contributed by atoms with E-state index >= 15 is 0 Å². The van der Waals surface area contributed by atoms with Crippen molar-refractivity contribution in [1.29, 1.82) is 0 Å². The summed E-state index contributed by atoms with van der Waals surface area (Å²) in [4.78, 5) is 26.7. The summed E-state index contributed by atoms with van der Waals surface area (Å²) in [6, 6.07) is 7.16. The topological polar surface area (TPSA) is 100 Å². The Bertz CT molecular complexity index is 683. The Balaban J connectivity index is 2.03. The highest BCUT2D eigenvalue weighted by atomic mass is 16.2. The van der Waals surface area contributed by atoms with E-state index in [0.717, 1.165) is 10.9 Å². The Kier molecular flexibility index (Phi) is 3.88. The van der Waals surface area contributed by atoms with Crippen LogP contribution in [0.3, 0.4) is 0 Å². The number of hydrogen-bond donors (Lipinski definition) is 4. The molecule has 0 unspecified atom stereocenters. The van der Waals surface area contributed by atoms with Gasteiger partial charge in [-0.3, -0.25) is 9.59 Å². The maximum atomic E-state index is 12.0. The molecular weight excluding hydrogens is 268 g/mol. The molecule has 2 amide bonds. The van der Waals surface area contributed by atoms with Crippen LogP contribution in [0.4, 0.5) is 5.69 Å². The summed E-state index contributed by atoms with van der Waals surface area (Å²) < 4.78 is 0. The van der Waals surface area contributed by atoms with Crippen LogP contribution in [0.2, 0.25) is 0 Å². The van der Waals surface area contributed by atoms with E-state index < -0.39 is 0 Å². The largest absolute Gasteiger partial charge is 0.397 e. The van der Waals surface area contributed by atoms with Crippen molar-refractivity contribution in [2.75, 3.05) is 12.3 Å². The molecule has 0 saturated heterocycles. The van der Waals surface area contributed by atoms with Gasteiger partial charge >= 0.3 is 0 Å². The number of rotatable bonds is 3. The molecule has 5 N–H and O–H groups in total. The fourth-order valence-electron chi connectivity index (χ4n) is 2.02. The van der Waals surface area contributed by atoms with E-state index in [9.17, 15) is 9.59 Å². The lowest BCUT2D eigenvalue weighted by Gasteiger charge is -2.20. The molecule has 0 saturated carbocycles. The monoisotopic (exact) mass is 288 g/mol. The summed E-state index contributed by atoms with van der Waals surface area (Å²) in [5, 5.41) is 6.22. The van der Waals surface area contributed by atoms with Gasteiger partial charge < -0.3 is 21.4 Å². The van der Waals surface area contributed by atoms with E-state index in [0.29, 0.717) is 11.4 Å². The number of nitrogen functional groups attached to an aromatic ring is 1. The molecule has 0 aliphatic rings. The average Bonchev–Trinajstić information content (AvgIpc) is 2.79. The molecule has 0 aliphatic carbocycles. The second-order valence-corrected chi connectivity index (χ2v) is 5.98. The van der Waals surface area contributed by atoms with Crippen LogP contribution in [-0.4, -0.2) is 28.9 Å². The van der Waals surface area contributed by atoms with Crippen LogP contribution in [0.25, 0.3) is 10.9 Å². The number of nitrogens with two attached hydrogens (primary N) is 1. The third-order valence-electron chi connectivity index (χ3n) is 2.86. The quantitative estimate of drug-likeness (QED) is 0.642. The first-order chi connectivity index (χ1) is 9.76. The maximum Gasteiger partial charge on any atom is 0.268 e. The summed E-state index contributed by atoms with van der Waals surface area (Å²) in [7, 11) is 0. The highest BCUT2D eigenvalue weighted by Crippen LogP contribution is 2.20. The molecule has 1 aromatic heterocycles. The maximum absolute atomic E-state index is 12.0. The van der Waals surface area contributed by atoms with Gasteiger partial charge in [0.25, 0.3) is 5.91 Å². The molecule has 6 heteroatoms. The highest BCUT2D eigenvalue weighted by Gasteiger charge is 2.15. The zero-order chi connectivity index (χ0) is 15.6. The van der Waals surface area contributed by atoms with Gasteiger partial charge in [-0.15, -0.1) is 0 Å². The molecule has 2 rings (SSSR count). The zero-order valence-corrected chi connectivity index (χ0v) is 12.4. The smallest absolute Gasteiger partial charge is 0.268 e. The first-order valence-corrected chi connectivity index (χ1v) is 6.73. The molecule has 1 heterocycles. The standard InChI is InChI=1S/C15H20N4O2/c1-15(2,3)19-12(20)8-17-14(21)11-7-9-5-4-6-10(16)13(9)18-11/h4-7,18H,8,16H2,1-3H3,(H,17,21)(H,19,20). The number of benzene rings is 1. The van der Waals surface area contributed by atoms with Crippen LogP contribution < -0.4 is 16.4 Å². The lowest BCUT2D eigenvalue weighted by Crippen LogP contribution is -2.45. The van der Waals surface area contributed by atoms with Crippen molar-refractivity contribution in [2.45, 2.75) is 26.3 Å². The van der Waals surface area contributed by atoms with E-state index in [1.807, 2.05) is 32.9 Å². The van der Waals surface area contributed by atoms with E-state index in [-0.39, 0.29) is 23.9 Å². The number of carbonyl (C=O) groups is 2. The fourth-order valence-corrected chi connectivity index (χ4v) is 2.02. The predicted molar refractivity (Wildman–Crippen MR) is 82.9 cm³/mol. The minimum Gasteiger partial charge on any atom is -0.397 e. The number of fused-ring (bicyclic) bond motifs is 1. The highest BCUT2D eigenvalue weighted by molar-refractivity contribution is 6.01. The van der Waals surface area contributed by atoms with Crippen molar-refractivity contribution in [3.8, 4) is 0 Å². The number of nitrogens with one attached hydrogen (secondary N) is 3. The van der Waals surface area contributed by atoms with Crippen LogP contribution in [-0.2, 0) is 4.79 Å². The van der Waals surface area contributed by atoms with Crippen molar-refractivity contribution in [3.63, 3.8) is 0 Å². The number of carbonyl (C=O) groups excluding carboxylic acids is 2. The lowest BCUT2D eigenvalue weighted by molar-refractivity contribution is -0.121. The molecule has 6 nitrogen and oxygen atoms in total. The number of anilines is 1. The second-order valence-electron chi connectivity index (χ2n) is 5.98. The number of aromatic nitrogens is 1. The molecule has 0 fully saturated rings. The number of hydrogen-bond acceptors (Lipinski definition) is 3. The molecule has 0 atom stereocenters. The summed E-state index contributed by atoms with van der Waals surface area (Å²) in [5.74, 6) is -0.568. The van der Waals surface area contributed by atoms with Gasteiger partial charge in [0.05, 0.1) is 17.7 Å². The fraction of sp³-hybridized carbons (Fsp3) is 0.333. The Labute approximate surface area is 123 Å². The van der Waals surface area contributed by atoms with Crippen LogP contribution in [0.15, 0.2) is 24.3 Å². The van der Waals surface area contributed by atoms with Crippen molar-refractivity contribution in [2.24, 2.45) is 0 Å². The van der Waals surface area contributed by atoms with E-state index in [4.69, 9.17) is 5.73 Å². The Morgan fingerprint density at radius 3 is 2.62 bits per heavy atom. The van der Waals surface area contributed by atoms with E-state index in [1.54, 1.807) is 12.1 Å². The molecule has 1 aromatic carbocycles. The number of aromatic amines is 1.